The molecule has 3 aliphatic heterocycles. The zero-order valence-electron chi connectivity index (χ0n) is 19.5. The predicted molar refractivity (Wildman–Crippen MR) is 129 cm³/mol. The maximum atomic E-state index is 14.7. The number of nitrogens with one attached hydrogen (secondary N) is 1. The monoisotopic (exact) mass is 485 g/mol. The molecule has 182 valence electrons. The van der Waals surface area contributed by atoms with Gasteiger partial charge in [0.25, 0.3) is 5.91 Å². The van der Waals surface area contributed by atoms with Crippen LogP contribution in [0.15, 0.2) is 42.6 Å². The molecule has 6 rings (SSSR count). The van der Waals surface area contributed by atoms with Crippen molar-refractivity contribution in [2.24, 2.45) is 0 Å². The summed E-state index contributed by atoms with van der Waals surface area (Å²) < 4.78 is 20.6. The highest BCUT2D eigenvalue weighted by atomic mass is 19.1. The molecule has 36 heavy (non-hydrogen) atoms. The summed E-state index contributed by atoms with van der Waals surface area (Å²) >= 11 is 0. The molecular formula is C27H24FN5O3. The van der Waals surface area contributed by atoms with Gasteiger partial charge >= 0.3 is 0 Å². The number of nitrogens with zero attached hydrogens (tertiary/aromatic N) is 4. The molecule has 0 aliphatic carbocycles. The van der Waals surface area contributed by atoms with Gasteiger partial charge in [0.05, 0.1) is 70.9 Å². The maximum absolute atomic E-state index is 14.7. The summed E-state index contributed by atoms with van der Waals surface area (Å²) in [6, 6.07) is 12.0. The van der Waals surface area contributed by atoms with E-state index in [0.29, 0.717) is 42.0 Å². The standard InChI is InChI=1S/C27H24FN5O3/c28-21-3-1-2-16(11-29)24(21)22-9-17(25-23(32-22)13-31-26(25)35)8-18-4-5-19(12-30-18)33-7-6-27(15-33)10-20(34)14-36-27/h1-5,9,12,20,34H,6-8,10,13-15H2,(H,31,35)/t20-,27-/m1/s1. The van der Waals surface area contributed by atoms with E-state index in [1.54, 1.807) is 12.1 Å². The van der Waals surface area contributed by atoms with Crippen molar-refractivity contribution in [2.75, 3.05) is 24.6 Å². The predicted octanol–water partition coefficient (Wildman–Crippen LogP) is 2.72. The fraction of sp³-hybridized carbons (Fsp3) is 0.333. The van der Waals surface area contributed by atoms with Crippen molar-refractivity contribution >= 4 is 11.6 Å². The average Bonchev–Trinajstić information content (AvgIpc) is 3.58. The third-order valence-corrected chi connectivity index (χ3v) is 7.26. The summed E-state index contributed by atoms with van der Waals surface area (Å²) in [4.78, 5) is 23.9. The summed E-state index contributed by atoms with van der Waals surface area (Å²) in [7, 11) is 0. The Morgan fingerprint density at radius 1 is 1.31 bits per heavy atom. The summed E-state index contributed by atoms with van der Waals surface area (Å²) in [6.45, 7) is 2.19. The zero-order chi connectivity index (χ0) is 24.9. The van der Waals surface area contributed by atoms with E-state index in [-0.39, 0.29) is 29.2 Å². The highest BCUT2D eigenvalue weighted by molar-refractivity contribution is 5.99. The van der Waals surface area contributed by atoms with Crippen LogP contribution >= 0.6 is 0 Å². The first-order valence-electron chi connectivity index (χ1n) is 12.0. The normalized spacial score (nSPS) is 22.6. The summed E-state index contributed by atoms with van der Waals surface area (Å²) in [5.41, 5.74) is 3.81. The third-order valence-electron chi connectivity index (χ3n) is 7.26. The van der Waals surface area contributed by atoms with Gasteiger partial charge in [-0.1, -0.05) is 6.07 Å². The zero-order valence-corrected chi connectivity index (χ0v) is 19.5. The number of halogens is 1. The average molecular weight is 486 g/mol. The van der Waals surface area contributed by atoms with Gasteiger partial charge in [-0.25, -0.2) is 9.37 Å². The first-order valence-corrected chi connectivity index (χ1v) is 12.0. The number of rotatable bonds is 4. The van der Waals surface area contributed by atoms with Crippen LogP contribution in [0.2, 0.25) is 0 Å². The number of aromatic nitrogens is 2. The Hall–Kier alpha value is -3.87. The highest BCUT2D eigenvalue weighted by Crippen LogP contribution is 2.37. The molecule has 0 saturated carbocycles. The Morgan fingerprint density at radius 3 is 2.94 bits per heavy atom. The van der Waals surface area contributed by atoms with E-state index in [9.17, 15) is 19.6 Å². The van der Waals surface area contributed by atoms with Crippen molar-refractivity contribution in [1.82, 2.24) is 15.3 Å². The Morgan fingerprint density at radius 2 is 2.19 bits per heavy atom. The van der Waals surface area contributed by atoms with Crippen LogP contribution in [0.4, 0.5) is 10.1 Å². The topological polar surface area (TPSA) is 111 Å². The van der Waals surface area contributed by atoms with Gasteiger partial charge in [-0.3, -0.25) is 9.78 Å². The fourth-order valence-corrected chi connectivity index (χ4v) is 5.53. The fourth-order valence-electron chi connectivity index (χ4n) is 5.53. The molecule has 5 heterocycles. The Kier molecular flexibility index (Phi) is 5.43. The van der Waals surface area contributed by atoms with Gasteiger partial charge in [-0.2, -0.15) is 5.26 Å². The number of anilines is 1. The number of amides is 1. The first kappa shape index (κ1) is 22.6. The molecule has 2 aromatic heterocycles. The molecule has 0 bridgehead atoms. The van der Waals surface area contributed by atoms with Crippen molar-refractivity contribution in [2.45, 2.75) is 37.5 Å². The van der Waals surface area contributed by atoms with Gasteiger partial charge in [0.2, 0.25) is 0 Å². The number of benzene rings is 1. The van der Waals surface area contributed by atoms with Crippen molar-refractivity contribution in [3.05, 3.63) is 76.5 Å². The van der Waals surface area contributed by atoms with Gasteiger partial charge in [-0.15, -0.1) is 0 Å². The van der Waals surface area contributed by atoms with E-state index in [1.165, 1.54) is 12.1 Å². The first-order chi connectivity index (χ1) is 17.4. The molecule has 0 radical (unpaired) electrons. The second-order valence-corrected chi connectivity index (χ2v) is 9.65. The van der Waals surface area contributed by atoms with E-state index in [2.05, 4.69) is 20.2 Å². The SMILES string of the molecule is N#Cc1cccc(F)c1-c1cc(Cc2ccc(N3CC[C@@]4(C[C@@H](O)CO4)C3)cn2)c2c(n1)CNC2=O. The Labute approximate surface area is 207 Å². The molecule has 3 aromatic rings. The number of carbonyl (C=O) groups excluding carboxylic acids is 1. The lowest BCUT2D eigenvalue weighted by molar-refractivity contribution is 0.0185. The van der Waals surface area contributed by atoms with Crippen LogP contribution in [0, 0.1) is 17.1 Å². The van der Waals surface area contributed by atoms with Crippen LogP contribution in [-0.2, 0) is 17.7 Å². The lowest BCUT2D eigenvalue weighted by atomic mass is 9.97. The second kappa shape index (κ2) is 8.66. The van der Waals surface area contributed by atoms with Crippen LogP contribution in [0.3, 0.4) is 0 Å². The lowest BCUT2D eigenvalue weighted by Gasteiger charge is -2.24. The van der Waals surface area contributed by atoms with Crippen LogP contribution < -0.4 is 10.2 Å². The molecule has 2 saturated heterocycles. The molecule has 1 aromatic carbocycles. The molecule has 2 N–H and O–H groups in total. The largest absolute Gasteiger partial charge is 0.391 e. The quantitative estimate of drug-likeness (QED) is 0.585. The van der Waals surface area contributed by atoms with E-state index in [4.69, 9.17) is 4.74 Å². The number of nitriles is 1. The summed E-state index contributed by atoms with van der Waals surface area (Å²) in [5, 5.41) is 22.2. The van der Waals surface area contributed by atoms with Gasteiger partial charge in [0, 0.05) is 31.6 Å². The van der Waals surface area contributed by atoms with Crippen LogP contribution in [0.25, 0.3) is 11.3 Å². The molecule has 2 atom stereocenters. The molecule has 1 amide bonds. The van der Waals surface area contributed by atoms with Crippen LogP contribution in [-0.4, -0.2) is 52.4 Å². The number of pyridine rings is 2. The molecule has 0 unspecified atom stereocenters. The van der Waals surface area contributed by atoms with Crippen molar-refractivity contribution in [3.63, 3.8) is 0 Å². The highest BCUT2D eigenvalue weighted by Gasteiger charge is 2.45. The molecule has 1 spiro atoms. The third kappa shape index (κ3) is 3.88. The minimum Gasteiger partial charge on any atom is -0.391 e. The van der Waals surface area contributed by atoms with E-state index < -0.39 is 11.9 Å². The second-order valence-electron chi connectivity index (χ2n) is 9.65. The number of carbonyl (C=O) groups is 1. The van der Waals surface area contributed by atoms with Crippen LogP contribution in [0.1, 0.15) is 45.7 Å². The van der Waals surface area contributed by atoms with E-state index in [0.717, 1.165) is 30.9 Å². The number of aliphatic hydroxyl groups excluding tert-OH is 1. The van der Waals surface area contributed by atoms with Crippen molar-refractivity contribution < 1.29 is 19.0 Å². The maximum Gasteiger partial charge on any atom is 0.253 e. The molecule has 3 aliphatic rings. The number of hydrogen-bond acceptors (Lipinski definition) is 7. The Balaban J connectivity index is 1.29. The van der Waals surface area contributed by atoms with Gasteiger partial charge in [0.1, 0.15) is 5.82 Å². The number of aliphatic hydroxyl groups is 1. The van der Waals surface area contributed by atoms with Gasteiger partial charge < -0.3 is 20.1 Å². The van der Waals surface area contributed by atoms with E-state index >= 15 is 0 Å². The van der Waals surface area contributed by atoms with Gasteiger partial charge in [-0.05, 0) is 42.3 Å². The summed E-state index contributed by atoms with van der Waals surface area (Å²) in [6.07, 6.45) is 3.30. The van der Waals surface area contributed by atoms with Crippen LogP contribution in [0.5, 0.6) is 0 Å². The van der Waals surface area contributed by atoms with E-state index in [1.807, 2.05) is 24.4 Å². The Bertz CT molecular complexity index is 1400. The molecular weight excluding hydrogens is 461 g/mol. The number of ether oxygens (including phenoxy) is 1. The van der Waals surface area contributed by atoms with Gasteiger partial charge in [0.15, 0.2) is 0 Å². The molecule has 8 nitrogen and oxygen atoms in total. The van der Waals surface area contributed by atoms with Crippen molar-refractivity contribution in [3.8, 4) is 17.3 Å². The minimum atomic E-state index is -0.533. The van der Waals surface area contributed by atoms with Crippen molar-refractivity contribution in [1.29, 1.82) is 5.26 Å². The smallest absolute Gasteiger partial charge is 0.253 e. The lowest BCUT2D eigenvalue weighted by Crippen LogP contribution is -2.33. The molecule has 9 heteroatoms. The molecule has 2 fully saturated rings. The summed E-state index contributed by atoms with van der Waals surface area (Å²) in [5.74, 6) is -0.750. The number of hydrogen-bond donors (Lipinski definition) is 2. The number of fused-ring (bicyclic) bond motifs is 1. The minimum absolute atomic E-state index is 0.133.